The molecular weight excluding hydrogens is 192 g/mol. The molecule has 2 saturated heterocycles. The molecule has 2 heterocycles. The maximum Gasteiger partial charge on any atom is 0.234 e. The van der Waals surface area contributed by atoms with E-state index in [1.54, 1.807) is 4.90 Å². The highest BCUT2D eigenvalue weighted by Crippen LogP contribution is 2.34. The molecule has 3 aliphatic rings. The number of nitrogens with one attached hydrogen (secondary N) is 1. The molecule has 0 spiro atoms. The summed E-state index contributed by atoms with van der Waals surface area (Å²) in [4.78, 5) is 25.7. The number of imide groups is 1. The normalized spacial score (nSPS) is 36.7. The highest BCUT2D eigenvalue weighted by Gasteiger charge is 2.52. The molecule has 2 amide bonds. The van der Waals surface area contributed by atoms with Crippen molar-refractivity contribution in [2.45, 2.75) is 31.7 Å². The Bertz CT molecular complexity index is 288. The van der Waals surface area contributed by atoms with Crippen LogP contribution in [0, 0.1) is 11.8 Å². The minimum atomic E-state index is -0.0573. The number of carbonyl (C=O) groups excluding carboxylic acids is 2. The first-order valence-electron chi connectivity index (χ1n) is 5.86. The molecule has 0 aromatic carbocycles. The topological polar surface area (TPSA) is 49.4 Å². The van der Waals surface area contributed by atoms with Crippen LogP contribution in [0.3, 0.4) is 0 Å². The average Bonchev–Trinajstić information content (AvgIpc) is 2.89. The SMILES string of the molecule is O=C1[C@H]2CNC[C@@H]2C(=O)N1C1CCCC1. The quantitative estimate of drug-likeness (QED) is 0.623. The molecule has 0 radical (unpaired) electrons. The van der Waals surface area contributed by atoms with Crippen molar-refractivity contribution in [3.63, 3.8) is 0 Å². The Labute approximate surface area is 89.0 Å². The lowest BCUT2D eigenvalue weighted by molar-refractivity contribution is -0.142. The van der Waals surface area contributed by atoms with Gasteiger partial charge in [-0.3, -0.25) is 14.5 Å². The van der Waals surface area contributed by atoms with Crippen LogP contribution in [-0.4, -0.2) is 35.8 Å². The zero-order valence-electron chi connectivity index (χ0n) is 8.74. The lowest BCUT2D eigenvalue weighted by Gasteiger charge is -2.22. The monoisotopic (exact) mass is 208 g/mol. The second-order valence-electron chi connectivity index (χ2n) is 4.86. The van der Waals surface area contributed by atoms with E-state index in [4.69, 9.17) is 0 Å². The summed E-state index contributed by atoms with van der Waals surface area (Å²) in [7, 11) is 0. The number of fused-ring (bicyclic) bond motifs is 1. The molecule has 4 heteroatoms. The maximum atomic E-state index is 12.0. The number of rotatable bonds is 1. The second kappa shape index (κ2) is 3.30. The molecule has 4 nitrogen and oxygen atoms in total. The van der Waals surface area contributed by atoms with Crippen LogP contribution in [0.2, 0.25) is 0 Å². The molecule has 0 aromatic rings. The second-order valence-corrected chi connectivity index (χ2v) is 4.86. The molecule has 1 aliphatic carbocycles. The van der Waals surface area contributed by atoms with Gasteiger partial charge in [-0.1, -0.05) is 12.8 Å². The van der Waals surface area contributed by atoms with Gasteiger partial charge in [0, 0.05) is 19.1 Å². The molecule has 0 bridgehead atoms. The van der Waals surface area contributed by atoms with E-state index in [2.05, 4.69) is 5.32 Å². The van der Waals surface area contributed by atoms with Gasteiger partial charge in [-0.2, -0.15) is 0 Å². The Morgan fingerprint density at radius 3 is 2.07 bits per heavy atom. The van der Waals surface area contributed by atoms with Gasteiger partial charge in [0.25, 0.3) is 0 Å². The van der Waals surface area contributed by atoms with Crippen molar-refractivity contribution in [1.82, 2.24) is 10.2 Å². The number of likely N-dealkylation sites (tertiary alicyclic amines) is 1. The summed E-state index contributed by atoms with van der Waals surface area (Å²) in [6.45, 7) is 1.39. The fraction of sp³-hybridized carbons (Fsp3) is 0.818. The standard InChI is InChI=1S/C11H16N2O2/c14-10-8-5-12-6-9(8)11(15)13(10)7-3-1-2-4-7/h7-9,12H,1-6H2/t8-,9-/m0/s1. The van der Waals surface area contributed by atoms with Crippen molar-refractivity contribution >= 4 is 11.8 Å². The van der Waals surface area contributed by atoms with Gasteiger partial charge in [0.1, 0.15) is 0 Å². The first kappa shape index (κ1) is 9.33. The van der Waals surface area contributed by atoms with Crippen molar-refractivity contribution in [1.29, 1.82) is 0 Å². The first-order chi connectivity index (χ1) is 7.29. The number of nitrogens with zero attached hydrogens (tertiary/aromatic N) is 1. The Morgan fingerprint density at radius 2 is 1.53 bits per heavy atom. The minimum Gasteiger partial charge on any atom is -0.315 e. The van der Waals surface area contributed by atoms with Gasteiger partial charge in [-0.25, -0.2) is 0 Å². The van der Waals surface area contributed by atoms with Crippen LogP contribution in [0.4, 0.5) is 0 Å². The Hall–Kier alpha value is -0.900. The van der Waals surface area contributed by atoms with Gasteiger partial charge < -0.3 is 5.32 Å². The van der Waals surface area contributed by atoms with Gasteiger partial charge in [-0.05, 0) is 12.8 Å². The average molecular weight is 208 g/mol. The van der Waals surface area contributed by atoms with E-state index < -0.39 is 0 Å². The summed E-state index contributed by atoms with van der Waals surface area (Å²) >= 11 is 0. The highest BCUT2D eigenvalue weighted by molar-refractivity contribution is 6.06. The number of carbonyl (C=O) groups is 2. The first-order valence-corrected chi connectivity index (χ1v) is 5.86. The van der Waals surface area contributed by atoms with Crippen LogP contribution >= 0.6 is 0 Å². The number of hydrogen-bond donors (Lipinski definition) is 1. The molecule has 0 aromatic heterocycles. The smallest absolute Gasteiger partial charge is 0.234 e. The molecule has 0 unspecified atom stereocenters. The lowest BCUT2D eigenvalue weighted by atomic mass is 10.00. The zero-order valence-corrected chi connectivity index (χ0v) is 8.74. The van der Waals surface area contributed by atoms with Gasteiger partial charge in [0.05, 0.1) is 11.8 Å². The van der Waals surface area contributed by atoms with E-state index in [9.17, 15) is 9.59 Å². The van der Waals surface area contributed by atoms with Crippen molar-refractivity contribution in [3.8, 4) is 0 Å². The molecule has 82 valence electrons. The van der Waals surface area contributed by atoms with Gasteiger partial charge in [-0.15, -0.1) is 0 Å². The van der Waals surface area contributed by atoms with E-state index in [-0.39, 0.29) is 29.7 Å². The number of hydrogen-bond acceptors (Lipinski definition) is 3. The van der Waals surface area contributed by atoms with Crippen LogP contribution in [0.5, 0.6) is 0 Å². The molecule has 3 fully saturated rings. The molecule has 2 atom stereocenters. The van der Waals surface area contributed by atoms with Crippen molar-refractivity contribution in [3.05, 3.63) is 0 Å². The van der Waals surface area contributed by atoms with Crippen LogP contribution in [-0.2, 0) is 9.59 Å². The summed E-state index contributed by atoms with van der Waals surface area (Å²) in [6, 6.07) is 0.218. The third-order valence-corrected chi connectivity index (χ3v) is 4.01. The van der Waals surface area contributed by atoms with E-state index in [1.165, 1.54) is 0 Å². The van der Waals surface area contributed by atoms with Crippen molar-refractivity contribution in [2.75, 3.05) is 13.1 Å². The predicted octanol–water partition coefficient (Wildman–Crippen LogP) is 0.133. The largest absolute Gasteiger partial charge is 0.315 e. The predicted molar refractivity (Wildman–Crippen MR) is 54.0 cm³/mol. The number of amides is 2. The van der Waals surface area contributed by atoms with Crippen molar-refractivity contribution < 1.29 is 9.59 Å². The Kier molecular flexibility index (Phi) is 2.06. The van der Waals surface area contributed by atoms with Gasteiger partial charge >= 0.3 is 0 Å². The van der Waals surface area contributed by atoms with Crippen LogP contribution < -0.4 is 5.32 Å². The third-order valence-electron chi connectivity index (χ3n) is 4.01. The maximum absolute atomic E-state index is 12.0. The lowest BCUT2D eigenvalue weighted by Crippen LogP contribution is -2.41. The van der Waals surface area contributed by atoms with Gasteiger partial charge in [0.2, 0.25) is 11.8 Å². The molecule has 1 N–H and O–H groups in total. The summed E-state index contributed by atoms with van der Waals surface area (Å²) in [5, 5.41) is 3.13. The summed E-state index contributed by atoms with van der Waals surface area (Å²) in [5.74, 6) is 0.0556. The molecule has 2 aliphatic heterocycles. The summed E-state index contributed by atoms with van der Waals surface area (Å²) in [6.07, 6.45) is 4.36. The molecule has 3 rings (SSSR count). The van der Waals surface area contributed by atoms with E-state index in [1.807, 2.05) is 0 Å². The Morgan fingerprint density at radius 1 is 1.00 bits per heavy atom. The summed E-state index contributed by atoms with van der Waals surface area (Å²) < 4.78 is 0. The Balaban J connectivity index is 1.84. The highest BCUT2D eigenvalue weighted by atomic mass is 16.2. The van der Waals surface area contributed by atoms with Crippen LogP contribution in [0.1, 0.15) is 25.7 Å². The van der Waals surface area contributed by atoms with Crippen LogP contribution in [0.25, 0.3) is 0 Å². The van der Waals surface area contributed by atoms with Crippen molar-refractivity contribution in [2.24, 2.45) is 11.8 Å². The van der Waals surface area contributed by atoms with E-state index in [0.29, 0.717) is 13.1 Å². The molecule has 15 heavy (non-hydrogen) atoms. The van der Waals surface area contributed by atoms with Gasteiger partial charge in [0.15, 0.2) is 0 Å². The molecule has 1 saturated carbocycles. The van der Waals surface area contributed by atoms with E-state index in [0.717, 1.165) is 25.7 Å². The molecular formula is C11H16N2O2. The summed E-state index contributed by atoms with van der Waals surface area (Å²) in [5.41, 5.74) is 0. The minimum absolute atomic E-state index is 0.0573. The fourth-order valence-corrected chi connectivity index (χ4v) is 3.19. The fourth-order valence-electron chi connectivity index (χ4n) is 3.19. The zero-order chi connectivity index (χ0) is 10.4. The third kappa shape index (κ3) is 1.24. The van der Waals surface area contributed by atoms with E-state index >= 15 is 0 Å². The van der Waals surface area contributed by atoms with Crippen LogP contribution in [0.15, 0.2) is 0 Å².